The largest absolute Gasteiger partial charge is 0.388 e. The number of nitrogens with one attached hydrogen (secondary N) is 1. The van der Waals surface area contributed by atoms with Crippen LogP contribution in [0, 0.1) is 0 Å². The van der Waals surface area contributed by atoms with Gasteiger partial charge in [-0.05, 0) is 39.8 Å². The molecule has 0 rings (SSSR count). The predicted molar refractivity (Wildman–Crippen MR) is 64.5 cm³/mol. The van der Waals surface area contributed by atoms with Gasteiger partial charge < -0.3 is 5.32 Å². The first-order chi connectivity index (χ1) is 6.61. The first kappa shape index (κ1) is 12.7. The van der Waals surface area contributed by atoms with E-state index in [1.807, 2.05) is 39.1 Å². The Morgan fingerprint density at radius 1 is 1.21 bits per heavy atom. The monoisotopic (exact) mass is 192 g/mol. The Morgan fingerprint density at radius 2 is 1.86 bits per heavy atom. The molecule has 0 aromatic rings. The zero-order chi connectivity index (χ0) is 11.0. The van der Waals surface area contributed by atoms with Crippen LogP contribution in [0.15, 0.2) is 40.2 Å². The van der Waals surface area contributed by atoms with Crippen molar-refractivity contribution >= 4 is 6.21 Å². The SMILES string of the molecule is C\C=C/C=N\C(C)=C\C(NC)=C(C)C. The normalized spacial score (nSPS) is 12.5. The van der Waals surface area contributed by atoms with Crippen molar-refractivity contribution in [3.8, 4) is 0 Å². The predicted octanol–water partition coefficient (Wildman–Crippen LogP) is 3.05. The molecule has 0 unspecified atom stereocenters. The molecule has 0 aromatic heterocycles. The molecule has 0 aliphatic rings. The van der Waals surface area contributed by atoms with Crippen molar-refractivity contribution < 1.29 is 0 Å². The summed E-state index contributed by atoms with van der Waals surface area (Å²) in [7, 11) is 1.92. The van der Waals surface area contributed by atoms with Crippen molar-refractivity contribution in [2.75, 3.05) is 7.05 Å². The van der Waals surface area contributed by atoms with E-state index in [2.05, 4.69) is 24.2 Å². The molecular formula is C12H20N2. The van der Waals surface area contributed by atoms with Crippen LogP contribution in [0.4, 0.5) is 0 Å². The van der Waals surface area contributed by atoms with Gasteiger partial charge in [0.05, 0.1) is 0 Å². The Hall–Kier alpha value is -1.31. The van der Waals surface area contributed by atoms with E-state index in [-0.39, 0.29) is 0 Å². The third kappa shape index (κ3) is 5.36. The number of aliphatic imine (C=N–C) groups is 1. The quantitative estimate of drug-likeness (QED) is 0.537. The van der Waals surface area contributed by atoms with Crippen molar-refractivity contribution in [3.63, 3.8) is 0 Å². The number of likely N-dealkylation sites (N-methyl/N-ethyl adjacent to an activating group) is 1. The second-order valence-corrected chi connectivity index (χ2v) is 3.25. The molecule has 0 aromatic carbocycles. The van der Waals surface area contributed by atoms with E-state index in [1.165, 1.54) is 5.57 Å². The van der Waals surface area contributed by atoms with Crippen LogP contribution in [-0.4, -0.2) is 13.3 Å². The van der Waals surface area contributed by atoms with Gasteiger partial charge in [-0.2, -0.15) is 0 Å². The van der Waals surface area contributed by atoms with Gasteiger partial charge in [0, 0.05) is 24.7 Å². The summed E-state index contributed by atoms with van der Waals surface area (Å²) in [5.41, 5.74) is 3.38. The molecule has 0 spiro atoms. The number of hydrogen-bond acceptors (Lipinski definition) is 2. The molecule has 14 heavy (non-hydrogen) atoms. The van der Waals surface area contributed by atoms with Crippen LogP contribution < -0.4 is 5.32 Å². The van der Waals surface area contributed by atoms with Gasteiger partial charge in [-0.1, -0.05) is 11.6 Å². The molecule has 2 nitrogen and oxygen atoms in total. The van der Waals surface area contributed by atoms with Crippen molar-refractivity contribution in [2.45, 2.75) is 27.7 Å². The lowest BCUT2D eigenvalue weighted by atomic mass is 10.2. The maximum absolute atomic E-state index is 4.26. The van der Waals surface area contributed by atoms with Crippen LogP contribution in [0.5, 0.6) is 0 Å². The zero-order valence-electron chi connectivity index (χ0n) is 9.76. The maximum atomic E-state index is 4.26. The molecule has 0 amide bonds. The lowest BCUT2D eigenvalue weighted by Crippen LogP contribution is -2.05. The van der Waals surface area contributed by atoms with Gasteiger partial charge in [-0.3, -0.25) is 4.99 Å². The molecule has 0 saturated heterocycles. The van der Waals surface area contributed by atoms with E-state index in [1.54, 1.807) is 6.21 Å². The van der Waals surface area contributed by atoms with Crippen LogP contribution in [-0.2, 0) is 0 Å². The van der Waals surface area contributed by atoms with E-state index >= 15 is 0 Å². The molecule has 2 heteroatoms. The van der Waals surface area contributed by atoms with Gasteiger partial charge in [0.25, 0.3) is 0 Å². The molecule has 0 heterocycles. The van der Waals surface area contributed by atoms with Crippen LogP contribution in [0.1, 0.15) is 27.7 Å². The van der Waals surface area contributed by atoms with Crippen LogP contribution in [0.2, 0.25) is 0 Å². The second kappa shape index (κ2) is 7.13. The smallest absolute Gasteiger partial charge is 0.0393 e. The standard InChI is InChI=1S/C12H20N2/c1-6-7-8-14-11(4)9-12(13-5)10(2)3/h6-9,13H,1-5H3/b7-6-,11-9+,14-8-. The summed E-state index contributed by atoms with van der Waals surface area (Å²) in [6.07, 6.45) is 7.70. The Kier molecular flexibility index (Phi) is 6.46. The third-order valence-electron chi connectivity index (χ3n) is 1.72. The Labute approximate surface area is 87.1 Å². The number of allylic oxidation sites excluding steroid dienone is 5. The minimum Gasteiger partial charge on any atom is -0.388 e. The lowest BCUT2D eigenvalue weighted by molar-refractivity contribution is 0.991. The van der Waals surface area contributed by atoms with E-state index in [4.69, 9.17) is 0 Å². The molecule has 0 atom stereocenters. The Balaban J connectivity index is 4.58. The van der Waals surface area contributed by atoms with E-state index < -0.39 is 0 Å². The summed E-state index contributed by atoms with van der Waals surface area (Å²) >= 11 is 0. The van der Waals surface area contributed by atoms with Gasteiger partial charge in [0.2, 0.25) is 0 Å². The van der Waals surface area contributed by atoms with Crippen LogP contribution in [0.25, 0.3) is 0 Å². The molecule has 0 bridgehead atoms. The summed E-state index contributed by atoms with van der Waals surface area (Å²) in [4.78, 5) is 4.26. The number of hydrogen-bond donors (Lipinski definition) is 1. The Bertz CT molecular complexity index is 277. The van der Waals surface area contributed by atoms with Crippen molar-refractivity contribution in [2.24, 2.45) is 4.99 Å². The highest BCUT2D eigenvalue weighted by atomic mass is 14.8. The molecular weight excluding hydrogens is 172 g/mol. The molecule has 78 valence electrons. The first-order valence-corrected chi connectivity index (χ1v) is 4.80. The number of nitrogens with zero attached hydrogens (tertiary/aromatic N) is 1. The molecule has 0 aliphatic carbocycles. The van der Waals surface area contributed by atoms with Crippen molar-refractivity contribution in [3.05, 3.63) is 35.2 Å². The number of rotatable bonds is 4. The first-order valence-electron chi connectivity index (χ1n) is 4.80. The van der Waals surface area contributed by atoms with E-state index in [0.29, 0.717) is 0 Å². The van der Waals surface area contributed by atoms with Gasteiger partial charge in [0.15, 0.2) is 0 Å². The minimum atomic E-state index is 0.994. The third-order valence-corrected chi connectivity index (χ3v) is 1.72. The molecule has 0 saturated carbocycles. The fraction of sp³-hybridized carbons (Fsp3) is 0.417. The van der Waals surface area contributed by atoms with Crippen LogP contribution >= 0.6 is 0 Å². The maximum Gasteiger partial charge on any atom is 0.0393 e. The fourth-order valence-corrected chi connectivity index (χ4v) is 0.959. The summed E-state index contributed by atoms with van der Waals surface area (Å²) in [6, 6.07) is 0. The average Bonchev–Trinajstić information content (AvgIpc) is 2.14. The molecule has 0 fully saturated rings. The highest BCUT2D eigenvalue weighted by Gasteiger charge is 1.91. The summed E-state index contributed by atoms with van der Waals surface area (Å²) in [5, 5.41) is 3.13. The lowest BCUT2D eigenvalue weighted by Gasteiger charge is -2.03. The fourth-order valence-electron chi connectivity index (χ4n) is 0.959. The molecule has 1 N–H and O–H groups in total. The van der Waals surface area contributed by atoms with Crippen LogP contribution in [0.3, 0.4) is 0 Å². The second-order valence-electron chi connectivity index (χ2n) is 3.25. The van der Waals surface area contributed by atoms with E-state index in [9.17, 15) is 0 Å². The van der Waals surface area contributed by atoms with Gasteiger partial charge in [-0.15, -0.1) is 0 Å². The summed E-state index contributed by atoms with van der Waals surface area (Å²) < 4.78 is 0. The molecule has 0 aliphatic heterocycles. The zero-order valence-corrected chi connectivity index (χ0v) is 9.76. The van der Waals surface area contributed by atoms with E-state index in [0.717, 1.165) is 11.4 Å². The minimum absolute atomic E-state index is 0.994. The van der Waals surface area contributed by atoms with Gasteiger partial charge in [-0.25, -0.2) is 0 Å². The summed E-state index contributed by atoms with van der Waals surface area (Å²) in [6.45, 7) is 8.11. The topological polar surface area (TPSA) is 24.4 Å². The van der Waals surface area contributed by atoms with Crippen molar-refractivity contribution in [1.29, 1.82) is 0 Å². The average molecular weight is 192 g/mol. The van der Waals surface area contributed by atoms with Gasteiger partial charge >= 0.3 is 0 Å². The van der Waals surface area contributed by atoms with Crippen molar-refractivity contribution in [1.82, 2.24) is 5.32 Å². The summed E-state index contributed by atoms with van der Waals surface area (Å²) in [5.74, 6) is 0. The van der Waals surface area contributed by atoms with Gasteiger partial charge in [0.1, 0.15) is 0 Å². The Morgan fingerprint density at radius 3 is 2.29 bits per heavy atom. The highest BCUT2D eigenvalue weighted by Crippen LogP contribution is 2.05. The highest BCUT2D eigenvalue weighted by molar-refractivity contribution is 5.71. The molecule has 0 radical (unpaired) electrons.